The van der Waals surface area contributed by atoms with E-state index in [-0.39, 0.29) is 11.0 Å². The highest BCUT2D eigenvalue weighted by Crippen LogP contribution is 2.33. The number of aromatic nitrogens is 1. The van der Waals surface area contributed by atoms with Gasteiger partial charge in [0.2, 0.25) is 5.89 Å². The van der Waals surface area contributed by atoms with Crippen molar-refractivity contribution in [3.8, 4) is 17.2 Å². The van der Waals surface area contributed by atoms with Gasteiger partial charge in [0.1, 0.15) is 17.9 Å². The molecule has 0 saturated carbocycles. The number of thiocarbonyl (C=S) groups is 1. The van der Waals surface area contributed by atoms with E-state index in [1.807, 2.05) is 56.3 Å². The number of aryl methyl sites for hydroxylation is 2. The molecule has 0 fully saturated rings. The Kier molecular flexibility index (Phi) is 7.40. The van der Waals surface area contributed by atoms with Crippen molar-refractivity contribution in [2.75, 3.05) is 5.32 Å². The van der Waals surface area contributed by atoms with E-state index >= 15 is 0 Å². The second-order valence-electron chi connectivity index (χ2n) is 8.85. The number of nitrogens with zero attached hydrogens (tertiary/aromatic N) is 1. The Hall–Kier alpha value is -4.20. The zero-order chi connectivity index (χ0) is 26.6. The first-order chi connectivity index (χ1) is 18.4. The number of rotatable bonds is 6. The molecule has 1 heterocycles. The third-order valence-corrected chi connectivity index (χ3v) is 6.40. The van der Waals surface area contributed by atoms with E-state index in [0.29, 0.717) is 40.1 Å². The van der Waals surface area contributed by atoms with Crippen LogP contribution in [0.3, 0.4) is 0 Å². The summed E-state index contributed by atoms with van der Waals surface area (Å²) in [4.78, 5) is 17.3. The normalized spacial score (nSPS) is 10.8. The SMILES string of the molecule is Cc1cc(C)c2oc(-c3cc(NC(=S)NC(=O)c4ccc(OCc5ccccc5)cc4)ccc3Cl)nc2c1. The van der Waals surface area contributed by atoms with E-state index < -0.39 is 0 Å². The van der Waals surface area contributed by atoms with Gasteiger partial charge in [0.05, 0.1) is 10.6 Å². The number of benzene rings is 4. The number of ether oxygens (including phenoxy) is 1. The Morgan fingerprint density at radius 3 is 2.53 bits per heavy atom. The first-order valence-electron chi connectivity index (χ1n) is 11.9. The number of hydrogen-bond donors (Lipinski definition) is 2. The Bertz CT molecular complexity index is 1630. The molecule has 8 heteroatoms. The quantitative estimate of drug-likeness (QED) is 0.217. The van der Waals surface area contributed by atoms with Crippen LogP contribution in [0, 0.1) is 13.8 Å². The maximum Gasteiger partial charge on any atom is 0.257 e. The van der Waals surface area contributed by atoms with Gasteiger partial charge in [0, 0.05) is 11.3 Å². The Balaban J connectivity index is 1.23. The number of amides is 1. The molecule has 5 aromatic rings. The molecule has 6 nitrogen and oxygen atoms in total. The fourth-order valence-electron chi connectivity index (χ4n) is 4.04. The van der Waals surface area contributed by atoms with Crippen LogP contribution in [-0.2, 0) is 6.61 Å². The molecule has 2 N–H and O–H groups in total. The lowest BCUT2D eigenvalue weighted by Crippen LogP contribution is -2.34. The summed E-state index contributed by atoms with van der Waals surface area (Å²) >= 11 is 11.8. The minimum absolute atomic E-state index is 0.150. The minimum Gasteiger partial charge on any atom is -0.489 e. The van der Waals surface area contributed by atoms with Gasteiger partial charge in [0.25, 0.3) is 5.91 Å². The van der Waals surface area contributed by atoms with Crippen LogP contribution in [0.15, 0.2) is 89.3 Å². The van der Waals surface area contributed by atoms with Crippen molar-refractivity contribution in [3.05, 3.63) is 112 Å². The predicted molar refractivity (Wildman–Crippen MR) is 155 cm³/mol. The topological polar surface area (TPSA) is 76.4 Å². The second-order valence-corrected chi connectivity index (χ2v) is 9.67. The molecule has 0 unspecified atom stereocenters. The largest absolute Gasteiger partial charge is 0.489 e. The molecular formula is C30H24ClN3O3S. The van der Waals surface area contributed by atoms with Gasteiger partial charge >= 0.3 is 0 Å². The number of nitrogens with one attached hydrogen (secondary N) is 2. The average Bonchev–Trinajstić information content (AvgIpc) is 3.33. The second kappa shape index (κ2) is 11.0. The van der Waals surface area contributed by atoms with Gasteiger partial charge < -0.3 is 14.5 Å². The van der Waals surface area contributed by atoms with Gasteiger partial charge in [-0.1, -0.05) is 48.0 Å². The van der Waals surface area contributed by atoms with Gasteiger partial charge in [-0.2, -0.15) is 0 Å². The van der Waals surface area contributed by atoms with E-state index in [4.69, 9.17) is 33.0 Å². The molecule has 0 aliphatic carbocycles. The van der Waals surface area contributed by atoms with Gasteiger partial charge in [-0.15, -0.1) is 0 Å². The molecule has 0 radical (unpaired) electrons. The summed E-state index contributed by atoms with van der Waals surface area (Å²) in [5.41, 5.74) is 6.37. The molecule has 0 aliphatic heterocycles. The average molecular weight is 542 g/mol. The van der Waals surface area contributed by atoms with Crippen molar-refractivity contribution in [3.63, 3.8) is 0 Å². The smallest absolute Gasteiger partial charge is 0.257 e. The number of anilines is 1. The van der Waals surface area contributed by atoms with Crippen LogP contribution in [0.5, 0.6) is 5.75 Å². The van der Waals surface area contributed by atoms with Crippen LogP contribution < -0.4 is 15.4 Å². The number of carbonyl (C=O) groups excluding carboxylic acids is 1. The van der Waals surface area contributed by atoms with Crippen LogP contribution in [0.4, 0.5) is 5.69 Å². The van der Waals surface area contributed by atoms with Crippen molar-refractivity contribution < 1.29 is 13.9 Å². The third-order valence-electron chi connectivity index (χ3n) is 5.87. The lowest BCUT2D eigenvalue weighted by atomic mass is 10.1. The summed E-state index contributed by atoms with van der Waals surface area (Å²) in [6.45, 7) is 4.45. The number of oxazole rings is 1. The first kappa shape index (κ1) is 25.4. The third kappa shape index (κ3) is 5.85. The molecule has 0 spiro atoms. The van der Waals surface area contributed by atoms with Crippen molar-refractivity contribution in [1.29, 1.82) is 0 Å². The molecule has 0 atom stereocenters. The number of halogens is 1. The summed E-state index contributed by atoms with van der Waals surface area (Å²) in [5.74, 6) is 0.743. The van der Waals surface area contributed by atoms with E-state index in [2.05, 4.69) is 15.6 Å². The number of hydrogen-bond acceptors (Lipinski definition) is 5. The van der Waals surface area contributed by atoms with Gasteiger partial charge in [0.15, 0.2) is 10.7 Å². The molecule has 0 bridgehead atoms. The van der Waals surface area contributed by atoms with Crippen LogP contribution in [0.25, 0.3) is 22.6 Å². The lowest BCUT2D eigenvalue weighted by Gasteiger charge is -2.11. The summed E-state index contributed by atoms with van der Waals surface area (Å²) in [6.07, 6.45) is 0. The maximum atomic E-state index is 12.7. The van der Waals surface area contributed by atoms with Gasteiger partial charge in [-0.25, -0.2) is 4.98 Å². The molecule has 1 amide bonds. The summed E-state index contributed by atoms with van der Waals surface area (Å²) in [6, 6.07) is 26.1. The van der Waals surface area contributed by atoms with Crippen LogP contribution >= 0.6 is 23.8 Å². The Morgan fingerprint density at radius 1 is 1.00 bits per heavy atom. The number of carbonyl (C=O) groups is 1. The van der Waals surface area contributed by atoms with Crippen molar-refractivity contribution in [1.82, 2.24) is 10.3 Å². The van der Waals surface area contributed by atoms with Gasteiger partial charge in [-0.3, -0.25) is 10.1 Å². The molecular weight excluding hydrogens is 518 g/mol. The van der Waals surface area contributed by atoms with Crippen LogP contribution in [0.1, 0.15) is 27.0 Å². The standard InChI is InChI=1S/C30H24ClN3O3S/c1-18-14-19(2)27-26(15-18)33-29(37-27)24-16-22(10-13-25(24)31)32-30(38)34-28(35)21-8-11-23(12-9-21)36-17-20-6-4-3-5-7-20/h3-16H,17H2,1-2H3,(H2,32,34,35,38). The number of fused-ring (bicyclic) bond motifs is 1. The minimum atomic E-state index is -0.337. The highest BCUT2D eigenvalue weighted by atomic mass is 35.5. The fraction of sp³-hybridized carbons (Fsp3) is 0.100. The fourth-order valence-corrected chi connectivity index (χ4v) is 4.45. The molecule has 190 valence electrons. The van der Waals surface area contributed by atoms with Crippen LogP contribution in [0.2, 0.25) is 5.02 Å². The Labute approximate surface area is 230 Å². The van der Waals surface area contributed by atoms with Crippen molar-refractivity contribution in [2.24, 2.45) is 0 Å². The van der Waals surface area contributed by atoms with E-state index in [9.17, 15) is 4.79 Å². The molecule has 0 aliphatic rings. The maximum absolute atomic E-state index is 12.7. The zero-order valence-corrected chi connectivity index (χ0v) is 22.3. The van der Waals surface area contributed by atoms with Crippen molar-refractivity contribution in [2.45, 2.75) is 20.5 Å². The van der Waals surface area contributed by atoms with Crippen LogP contribution in [-0.4, -0.2) is 16.0 Å². The van der Waals surface area contributed by atoms with Crippen molar-refractivity contribution >= 4 is 51.6 Å². The summed E-state index contributed by atoms with van der Waals surface area (Å²) in [7, 11) is 0. The Morgan fingerprint density at radius 2 is 1.76 bits per heavy atom. The first-order valence-corrected chi connectivity index (χ1v) is 12.7. The predicted octanol–water partition coefficient (Wildman–Crippen LogP) is 7.47. The molecule has 5 rings (SSSR count). The summed E-state index contributed by atoms with van der Waals surface area (Å²) in [5, 5.41) is 6.37. The molecule has 4 aromatic carbocycles. The monoisotopic (exact) mass is 541 g/mol. The molecule has 38 heavy (non-hydrogen) atoms. The molecule has 1 aromatic heterocycles. The van der Waals surface area contributed by atoms with E-state index in [1.54, 1.807) is 42.5 Å². The highest BCUT2D eigenvalue weighted by Gasteiger charge is 2.15. The zero-order valence-electron chi connectivity index (χ0n) is 20.7. The van der Waals surface area contributed by atoms with Gasteiger partial charge in [-0.05, 0) is 91.3 Å². The lowest BCUT2D eigenvalue weighted by molar-refractivity contribution is 0.0977. The summed E-state index contributed by atoms with van der Waals surface area (Å²) < 4.78 is 11.8. The molecule has 0 saturated heterocycles. The van der Waals surface area contributed by atoms with E-state index in [1.165, 1.54) is 0 Å². The highest BCUT2D eigenvalue weighted by molar-refractivity contribution is 7.80. The van der Waals surface area contributed by atoms with E-state index in [0.717, 1.165) is 27.8 Å².